The predicted molar refractivity (Wildman–Crippen MR) is 110 cm³/mol. The quantitative estimate of drug-likeness (QED) is 0.759. The van der Waals surface area contributed by atoms with Crippen molar-refractivity contribution in [1.82, 2.24) is 9.80 Å². The Morgan fingerprint density at radius 1 is 1.31 bits per heavy atom. The number of amidine groups is 1. The number of fused-ring (bicyclic) bond motifs is 2. The van der Waals surface area contributed by atoms with Gasteiger partial charge in [-0.15, -0.1) is 0 Å². The fraction of sp³-hybridized carbons (Fsp3) is 0.476. The highest BCUT2D eigenvalue weighted by molar-refractivity contribution is 8.16. The molecule has 152 valence electrons. The summed E-state index contributed by atoms with van der Waals surface area (Å²) in [7, 11) is 1.60. The molecule has 4 aliphatic heterocycles. The summed E-state index contributed by atoms with van der Waals surface area (Å²) in [5.74, 6) is 1.50. The Bertz CT molecular complexity index is 934. The first-order valence-corrected chi connectivity index (χ1v) is 10.8. The van der Waals surface area contributed by atoms with E-state index in [-0.39, 0.29) is 11.7 Å². The van der Waals surface area contributed by atoms with E-state index in [1.165, 1.54) is 0 Å². The van der Waals surface area contributed by atoms with E-state index in [0.717, 1.165) is 24.0 Å². The second kappa shape index (κ2) is 7.09. The van der Waals surface area contributed by atoms with E-state index < -0.39 is 5.60 Å². The zero-order chi connectivity index (χ0) is 20.0. The van der Waals surface area contributed by atoms with Gasteiger partial charge >= 0.3 is 0 Å². The molecule has 0 saturated carbocycles. The van der Waals surface area contributed by atoms with Gasteiger partial charge in [0, 0.05) is 44.2 Å². The van der Waals surface area contributed by atoms with Crippen molar-refractivity contribution in [3.63, 3.8) is 0 Å². The van der Waals surface area contributed by atoms with E-state index in [9.17, 15) is 9.59 Å². The van der Waals surface area contributed by atoms with Crippen LogP contribution in [0.4, 0.5) is 0 Å². The molecule has 1 aromatic carbocycles. The Kier molecular flexibility index (Phi) is 4.53. The molecule has 1 saturated heterocycles. The topological polar surface area (TPSA) is 71.4 Å². The molecule has 5 rings (SSSR count). The smallest absolute Gasteiger partial charge is 0.228 e. The average molecular weight is 413 g/mol. The summed E-state index contributed by atoms with van der Waals surface area (Å²) in [5, 5.41) is 3.04. The molecule has 4 aliphatic rings. The third-order valence-corrected chi connectivity index (χ3v) is 7.06. The van der Waals surface area contributed by atoms with Crippen molar-refractivity contribution in [2.75, 3.05) is 33.3 Å². The first-order chi connectivity index (χ1) is 14.1. The minimum Gasteiger partial charge on any atom is -0.497 e. The molecular formula is C21H23N3O4S. The SMILES string of the molecule is COc1ccc2c(c1)OC1(CCN(C(=O)CC3=CSC4=NCCN34)CC1)CC2=O. The number of piperidine rings is 1. The number of carbonyl (C=O) groups excluding carboxylic acids is 2. The number of carbonyl (C=O) groups is 2. The monoisotopic (exact) mass is 413 g/mol. The van der Waals surface area contributed by atoms with E-state index in [1.807, 2.05) is 10.3 Å². The maximum absolute atomic E-state index is 12.8. The van der Waals surface area contributed by atoms with Crippen LogP contribution in [0.2, 0.25) is 0 Å². The minimum absolute atomic E-state index is 0.0997. The van der Waals surface area contributed by atoms with Gasteiger partial charge in [-0.05, 0) is 17.5 Å². The lowest BCUT2D eigenvalue weighted by Gasteiger charge is -2.44. The molecule has 0 radical (unpaired) electrons. The van der Waals surface area contributed by atoms with Crippen molar-refractivity contribution in [3.8, 4) is 11.5 Å². The van der Waals surface area contributed by atoms with Gasteiger partial charge in [0.05, 0.1) is 32.1 Å². The lowest BCUT2D eigenvalue weighted by Crippen LogP contribution is -2.52. The standard InChI is InChI=1S/C21H23N3O4S/c1-27-15-2-3-16-17(25)12-21(28-18(16)11-15)4-7-23(8-5-21)19(26)10-14-13-29-20-22-6-9-24(14)20/h2-3,11,13H,4-10,12H2,1H3. The summed E-state index contributed by atoms with van der Waals surface area (Å²) in [6.45, 7) is 2.88. The van der Waals surface area contributed by atoms with Gasteiger partial charge in [-0.25, -0.2) is 0 Å². The number of nitrogens with zero attached hydrogens (tertiary/aromatic N) is 3. The Balaban J connectivity index is 1.24. The number of ether oxygens (including phenoxy) is 2. The average Bonchev–Trinajstić information content (AvgIpc) is 3.33. The van der Waals surface area contributed by atoms with E-state index in [2.05, 4.69) is 9.89 Å². The molecule has 0 aliphatic carbocycles. The number of hydrogen-bond donors (Lipinski definition) is 0. The largest absolute Gasteiger partial charge is 0.497 e. The van der Waals surface area contributed by atoms with Crippen molar-refractivity contribution in [2.24, 2.45) is 4.99 Å². The van der Waals surface area contributed by atoms with E-state index in [1.54, 1.807) is 37.1 Å². The number of methoxy groups -OCH3 is 1. The number of ketones is 1. The third-order valence-electron chi connectivity index (χ3n) is 6.11. The van der Waals surface area contributed by atoms with Crippen molar-refractivity contribution in [3.05, 3.63) is 34.9 Å². The number of hydrogen-bond acceptors (Lipinski definition) is 7. The van der Waals surface area contributed by atoms with Gasteiger partial charge in [-0.2, -0.15) is 0 Å². The first kappa shape index (κ1) is 18.5. The lowest BCUT2D eigenvalue weighted by atomic mass is 9.82. The molecule has 0 bridgehead atoms. The number of thioether (sulfide) groups is 1. The maximum atomic E-state index is 12.8. The van der Waals surface area contributed by atoms with Crippen LogP contribution in [-0.2, 0) is 4.79 Å². The molecule has 7 nitrogen and oxygen atoms in total. The number of likely N-dealkylation sites (tertiary alicyclic amines) is 1. The van der Waals surface area contributed by atoms with Crippen LogP contribution in [0.5, 0.6) is 11.5 Å². The molecule has 1 aromatic rings. The molecule has 0 aromatic heterocycles. The highest BCUT2D eigenvalue weighted by Crippen LogP contribution is 2.41. The van der Waals surface area contributed by atoms with Gasteiger partial charge in [-0.1, -0.05) is 11.8 Å². The molecule has 1 amide bonds. The molecule has 4 heterocycles. The summed E-state index contributed by atoms with van der Waals surface area (Å²) in [6.07, 6.45) is 2.08. The second-order valence-corrected chi connectivity index (χ2v) is 8.68. The van der Waals surface area contributed by atoms with Gasteiger partial charge in [-0.3, -0.25) is 14.6 Å². The Morgan fingerprint density at radius 2 is 2.14 bits per heavy atom. The van der Waals surface area contributed by atoms with E-state index >= 15 is 0 Å². The highest BCUT2D eigenvalue weighted by atomic mass is 32.2. The number of Topliss-reactive ketones (excluding diaryl/α,β-unsaturated/α-hetero) is 1. The van der Waals surface area contributed by atoms with Crippen molar-refractivity contribution < 1.29 is 19.1 Å². The summed E-state index contributed by atoms with van der Waals surface area (Å²) in [4.78, 5) is 34.0. The third kappa shape index (κ3) is 3.29. The second-order valence-electron chi connectivity index (χ2n) is 7.85. The number of aliphatic imine (C=N–C) groups is 1. The van der Waals surface area contributed by atoms with Gasteiger partial charge in [0.1, 0.15) is 17.1 Å². The van der Waals surface area contributed by atoms with Crippen molar-refractivity contribution in [1.29, 1.82) is 0 Å². The highest BCUT2D eigenvalue weighted by Gasteiger charge is 2.44. The fourth-order valence-corrected chi connectivity index (χ4v) is 5.38. The molecule has 0 unspecified atom stereocenters. The summed E-state index contributed by atoms with van der Waals surface area (Å²) >= 11 is 1.60. The molecule has 1 fully saturated rings. The Labute approximate surface area is 173 Å². The van der Waals surface area contributed by atoms with Crippen molar-refractivity contribution >= 4 is 28.6 Å². The fourth-order valence-electron chi connectivity index (χ4n) is 4.43. The van der Waals surface area contributed by atoms with Gasteiger partial charge < -0.3 is 19.3 Å². The first-order valence-electron chi connectivity index (χ1n) is 9.93. The summed E-state index contributed by atoms with van der Waals surface area (Å²) < 4.78 is 11.6. The molecule has 8 heteroatoms. The van der Waals surface area contributed by atoms with E-state index in [4.69, 9.17) is 9.47 Å². The van der Waals surface area contributed by atoms with Crippen LogP contribution in [-0.4, -0.2) is 65.5 Å². The van der Waals surface area contributed by atoms with Crippen molar-refractivity contribution in [2.45, 2.75) is 31.3 Å². The Hall–Kier alpha value is -2.48. The number of rotatable bonds is 3. The number of amides is 1. The normalized spacial score (nSPS) is 22.0. The molecule has 29 heavy (non-hydrogen) atoms. The molecular weight excluding hydrogens is 390 g/mol. The van der Waals surface area contributed by atoms with Gasteiger partial charge in [0.15, 0.2) is 11.0 Å². The van der Waals surface area contributed by atoms with Crippen LogP contribution in [0.25, 0.3) is 0 Å². The van der Waals surface area contributed by atoms with Crippen LogP contribution in [0.1, 0.15) is 36.0 Å². The minimum atomic E-state index is -0.523. The van der Waals surface area contributed by atoms with Crippen LogP contribution in [0.3, 0.4) is 0 Å². The Morgan fingerprint density at radius 3 is 2.93 bits per heavy atom. The summed E-state index contributed by atoms with van der Waals surface area (Å²) in [6, 6.07) is 5.34. The van der Waals surface area contributed by atoms with Crippen LogP contribution < -0.4 is 9.47 Å². The van der Waals surface area contributed by atoms with Crippen LogP contribution >= 0.6 is 11.8 Å². The zero-order valence-electron chi connectivity index (χ0n) is 16.3. The van der Waals surface area contributed by atoms with Gasteiger partial charge in [0.25, 0.3) is 0 Å². The predicted octanol–water partition coefficient (Wildman–Crippen LogP) is 2.67. The van der Waals surface area contributed by atoms with Crippen LogP contribution in [0, 0.1) is 0 Å². The maximum Gasteiger partial charge on any atom is 0.228 e. The van der Waals surface area contributed by atoms with Gasteiger partial charge in [0.2, 0.25) is 5.91 Å². The lowest BCUT2D eigenvalue weighted by molar-refractivity contribution is -0.134. The van der Waals surface area contributed by atoms with Crippen LogP contribution in [0.15, 0.2) is 34.3 Å². The molecule has 1 spiro atoms. The zero-order valence-corrected chi connectivity index (χ0v) is 17.2. The molecule has 0 atom stereocenters. The summed E-state index contributed by atoms with van der Waals surface area (Å²) in [5.41, 5.74) is 1.13. The van der Waals surface area contributed by atoms with E-state index in [0.29, 0.717) is 55.8 Å². The molecule has 0 N–H and O–H groups in total. The number of benzene rings is 1.